The summed E-state index contributed by atoms with van der Waals surface area (Å²) >= 11 is -2.58. The number of nitro benzene ring substituents is 1. The standard InChI is InChI=1S/C8H8N2O6S.Na/c1-16-8(11)9-6-3-2-5(17(14)15)4-7(6)10(12)13;/h2-4H,1H3,(H,9,11)(H,14,15);/q;+1/p-1. The van der Waals surface area contributed by atoms with Gasteiger partial charge in [-0.05, 0) is 23.2 Å². The van der Waals surface area contributed by atoms with Crippen molar-refractivity contribution in [2.24, 2.45) is 0 Å². The summed E-state index contributed by atoms with van der Waals surface area (Å²) in [6.07, 6.45) is -0.885. The molecule has 1 amide bonds. The fourth-order valence-electron chi connectivity index (χ4n) is 1.03. The smallest absolute Gasteiger partial charge is 0.768 e. The van der Waals surface area contributed by atoms with E-state index in [-0.39, 0.29) is 40.1 Å². The molecule has 1 aromatic rings. The molecule has 0 aliphatic carbocycles. The Kier molecular flexibility index (Phi) is 7.02. The number of ether oxygens (including phenoxy) is 1. The largest absolute Gasteiger partial charge is 1.00 e. The second-order valence-electron chi connectivity index (χ2n) is 2.79. The van der Waals surface area contributed by atoms with Crippen LogP contribution in [0.15, 0.2) is 23.1 Å². The van der Waals surface area contributed by atoms with Crippen LogP contribution in [0, 0.1) is 10.1 Å². The molecule has 1 atom stereocenters. The third-order valence-electron chi connectivity index (χ3n) is 1.78. The molecule has 18 heavy (non-hydrogen) atoms. The van der Waals surface area contributed by atoms with Gasteiger partial charge in [-0.3, -0.25) is 19.6 Å². The molecule has 0 heterocycles. The van der Waals surface area contributed by atoms with Gasteiger partial charge in [0.1, 0.15) is 5.69 Å². The van der Waals surface area contributed by atoms with Crippen LogP contribution >= 0.6 is 0 Å². The Morgan fingerprint density at radius 3 is 2.56 bits per heavy atom. The maximum atomic E-state index is 10.9. The molecular weight excluding hydrogens is 275 g/mol. The maximum Gasteiger partial charge on any atom is 1.00 e. The first-order valence-corrected chi connectivity index (χ1v) is 5.26. The molecule has 1 N–H and O–H groups in total. The number of hydrogen-bond donors (Lipinski definition) is 1. The number of anilines is 1. The number of hydrogen-bond acceptors (Lipinski definition) is 6. The van der Waals surface area contributed by atoms with Crippen LogP contribution < -0.4 is 34.9 Å². The molecule has 0 aliphatic heterocycles. The van der Waals surface area contributed by atoms with Crippen molar-refractivity contribution in [1.82, 2.24) is 0 Å². The second kappa shape index (κ2) is 7.44. The number of nitro groups is 1. The quantitative estimate of drug-likeness (QED) is 0.296. The summed E-state index contributed by atoms with van der Waals surface area (Å²) in [5.41, 5.74) is -0.673. The van der Waals surface area contributed by atoms with Crippen molar-refractivity contribution in [1.29, 1.82) is 0 Å². The van der Waals surface area contributed by atoms with Gasteiger partial charge in [-0.25, -0.2) is 4.79 Å². The molecule has 0 aromatic heterocycles. The first-order chi connectivity index (χ1) is 7.95. The average Bonchev–Trinajstić information content (AvgIpc) is 2.28. The van der Waals surface area contributed by atoms with E-state index in [4.69, 9.17) is 0 Å². The SMILES string of the molecule is COC(=O)Nc1ccc(S(=O)[O-])cc1[N+](=O)[O-].[Na+]. The average molecular weight is 282 g/mol. The second-order valence-corrected chi connectivity index (χ2v) is 3.73. The van der Waals surface area contributed by atoms with Crippen molar-refractivity contribution >= 4 is 28.5 Å². The van der Waals surface area contributed by atoms with Crippen LogP contribution in [0.25, 0.3) is 0 Å². The molecule has 1 rings (SSSR count). The zero-order chi connectivity index (χ0) is 13.0. The van der Waals surface area contributed by atoms with E-state index in [1.807, 2.05) is 0 Å². The van der Waals surface area contributed by atoms with Crippen LogP contribution in [0.3, 0.4) is 0 Å². The van der Waals surface area contributed by atoms with Crippen molar-refractivity contribution < 1.29 is 52.8 Å². The number of carbonyl (C=O) groups is 1. The minimum atomic E-state index is -2.58. The number of methoxy groups -OCH3 is 1. The van der Waals surface area contributed by atoms with E-state index in [2.05, 4.69) is 10.1 Å². The summed E-state index contributed by atoms with van der Waals surface area (Å²) in [7, 11) is 1.10. The summed E-state index contributed by atoms with van der Waals surface area (Å²) < 4.78 is 25.5. The molecule has 0 saturated heterocycles. The van der Waals surface area contributed by atoms with Gasteiger partial charge in [0, 0.05) is 11.0 Å². The third-order valence-corrected chi connectivity index (χ3v) is 2.42. The van der Waals surface area contributed by atoms with Gasteiger partial charge in [0.15, 0.2) is 0 Å². The van der Waals surface area contributed by atoms with Crippen molar-refractivity contribution in [2.75, 3.05) is 12.4 Å². The predicted molar refractivity (Wildman–Crippen MR) is 56.3 cm³/mol. The van der Waals surface area contributed by atoms with Crippen LogP contribution in [0.5, 0.6) is 0 Å². The molecule has 1 aromatic carbocycles. The zero-order valence-electron chi connectivity index (χ0n) is 9.54. The van der Waals surface area contributed by atoms with Crippen molar-refractivity contribution in [3.05, 3.63) is 28.3 Å². The van der Waals surface area contributed by atoms with Crippen LogP contribution in [-0.2, 0) is 15.8 Å². The van der Waals surface area contributed by atoms with Gasteiger partial charge in [-0.2, -0.15) is 0 Å². The van der Waals surface area contributed by atoms with Gasteiger partial charge in [0.25, 0.3) is 5.69 Å². The van der Waals surface area contributed by atoms with E-state index >= 15 is 0 Å². The molecule has 10 heteroatoms. The van der Waals surface area contributed by atoms with Gasteiger partial charge in [-0.15, -0.1) is 0 Å². The number of carbonyl (C=O) groups excluding carboxylic acids is 1. The van der Waals surface area contributed by atoms with Crippen LogP contribution in [0.2, 0.25) is 0 Å². The van der Waals surface area contributed by atoms with E-state index in [0.29, 0.717) is 0 Å². The number of amides is 1. The van der Waals surface area contributed by atoms with Gasteiger partial charge >= 0.3 is 35.7 Å². The Morgan fingerprint density at radius 1 is 1.50 bits per heavy atom. The van der Waals surface area contributed by atoms with Crippen LogP contribution in [-0.4, -0.2) is 26.9 Å². The molecule has 0 fully saturated rings. The van der Waals surface area contributed by atoms with E-state index in [1.54, 1.807) is 0 Å². The van der Waals surface area contributed by atoms with Crippen molar-refractivity contribution in [3.63, 3.8) is 0 Å². The predicted octanol–water partition coefficient (Wildman–Crippen LogP) is -1.98. The van der Waals surface area contributed by atoms with Gasteiger partial charge < -0.3 is 9.29 Å². The fourth-order valence-corrected chi connectivity index (χ4v) is 1.42. The van der Waals surface area contributed by atoms with Crippen LogP contribution in [0.4, 0.5) is 16.2 Å². The normalized spacial score (nSPS) is 11.0. The van der Waals surface area contributed by atoms with E-state index in [9.17, 15) is 23.7 Å². The maximum absolute atomic E-state index is 10.9. The molecule has 0 spiro atoms. The number of nitrogens with zero attached hydrogens (tertiary/aromatic N) is 1. The zero-order valence-corrected chi connectivity index (χ0v) is 12.4. The van der Waals surface area contributed by atoms with Crippen molar-refractivity contribution in [2.45, 2.75) is 4.90 Å². The number of benzene rings is 1. The molecule has 1 unspecified atom stereocenters. The summed E-state index contributed by atoms with van der Waals surface area (Å²) in [6, 6.07) is 3.08. The monoisotopic (exact) mass is 282 g/mol. The molecule has 0 saturated carbocycles. The first kappa shape index (κ1) is 17.0. The van der Waals surface area contributed by atoms with Gasteiger partial charge in [0.05, 0.1) is 12.0 Å². The number of rotatable bonds is 3. The van der Waals surface area contributed by atoms with Crippen molar-refractivity contribution in [3.8, 4) is 0 Å². The van der Waals surface area contributed by atoms with E-state index in [0.717, 1.165) is 25.3 Å². The third kappa shape index (κ3) is 4.35. The van der Waals surface area contributed by atoms with E-state index < -0.39 is 27.8 Å². The molecule has 0 aliphatic rings. The Morgan fingerprint density at radius 2 is 2.11 bits per heavy atom. The first-order valence-electron chi connectivity index (χ1n) is 4.18. The molecular formula is C8H7N2NaO6S. The number of nitrogens with one attached hydrogen (secondary N) is 1. The molecule has 8 nitrogen and oxygen atoms in total. The minimum Gasteiger partial charge on any atom is -0.768 e. The Labute approximate surface area is 126 Å². The molecule has 0 bridgehead atoms. The van der Waals surface area contributed by atoms with E-state index in [1.165, 1.54) is 0 Å². The Bertz CT molecular complexity index is 494. The topological polar surface area (TPSA) is 122 Å². The Balaban J connectivity index is 0.00000289. The van der Waals surface area contributed by atoms with Gasteiger partial charge in [-0.1, -0.05) is 0 Å². The fraction of sp³-hybridized carbons (Fsp3) is 0.125. The molecule has 92 valence electrons. The van der Waals surface area contributed by atoms with Gasteiger partial charge in [0.2, 0.25) is 0 Å². The summed E-state index contributed by atoms with van der Waals surface area (Å²) in [5.74, 6) is 0. The van der Waals surface area contributed by atoms with Crippen LogP contribution in [0.1, 0.15) is 0 Å². The Hall–Kier alpha value is -1.000. The summed E-state index contributed by atoms with van der Waals surface area (Å²) in [5, 5.41) is 12.8. The molecule has 0 radical (unpaired) electrons. The summed E-state index contributed by atoms with van der Waals surface area (Å²) in [4.78, 5) is 20.5. The minimum absolute atomic E-state index is 0. The summed E-state index contributed by atoms with van der Waals surface area (Å²) in [6.45, 7) is 0.